The number of hydrogen-bond donors (Lipinski definition) is 0. The van der Waals surface area contributed by atoms with Crippen LogP contribution >= 0.6 is 47.8 Å². The van der Waals surface area contributed by atoms with Gasteiger partial charge in [-0.3, -0.25) is 0 Å². The SMILES string of the molecule is CC1(C)c2ccccc2-c2c(-n3c4ccccc4c4cc(-c5cccc(-c6ccc(Br)cc6)c5)ccc43)cccc21.CC1(C)c2ccccc2-c2cc(-n3c4ccc(-c5cccc(-c6ccc(Br)cc6)c5)cc4c4ccc(-c5ccccc5)cc43)ccc21.CC1(C)c2ccccc2-c2cc(-n3c4ccccc4c4cc(-c5cccc(-c6ccc(Br)cc6)c5)ccc43)ccc21. The molecule has 3 nitrogen and oxygen atoms in total. The van der Waals surface area contributed by atoms with Gasteiger partial charge in [0.15, 0.2) is 0 Å². The van der Waals surface area contributed by atoms with Crippen molar-refractivity contribution in [2.45, 2.75) is 57.8 Å². The summed E-state index contributed by atoms with van der Waals surface area (Å²) in [5, 5.41) is 7.61. The summed E-state index contributed by atoms with van der Waals surface area (Å²) in [5.41, 5.74) is 44.4. The number of halogens is 3. The smallest absolute Gasteiger partial charge is 0.0547 e. The molecule has 3 aliphatic carbocycles. The van der Waals surface area contributed by atoms with E-state index in [0.717, 1.165) is 13.4 Å². The van der Waals surface area contributed by atoms with Gasteiger partial charge < -0.3 is 13.7 Å². The second-order valence-electron chi connectivity index (χ2n) is 36.3. The zero-order chi connectivity index (χ0) is 87.1. The van der Waals surface area contributed by atoms with Crippen molar-refractivity contribution in [1.82, 2.24) is 13.7 Å². The lowest BCUT2D eigenvalue weighted by Crippen LogP contribution is -2.14. The first-order valence-corrected chi connectivity index (χ1v) is 46.9. The summed E-state index contributed by atoms with van der Waals surface area (Å²) in [6.45, 7) is 14.1. The monoisotopic (exact) mass is 1840 g/mol. The van der Waals surface area contributed by atoms with Crippen LogP contribution in [0.5, 0.6) is 0 Å². The fourth-order valence-corrected chi connectivity index (χ4v) is 22.1. The first kappa shape index (κ1) is 79.6. The van der Waals surface area contributed by atoms with Crippen molar-refractivity contribution >= 4 is 113 Å². The Balaban J connectivity index is 0.000000111. The summed E-state index contributed by atoms with van der Waals surface area (Å²) in [6, 6.07) is 156. The lowest BCUT2D eigenvalue weighted by Gasteiger charge is -2.21. The fourth-order valence-electron chi connectivity index (χ4n) is 21.3. The van der Waals surface area contributed by atoms with Crippen molar-refractivity contribution in [3.05, 3.63) is 471 Å². The maximum absolute atomic E-state index is 3.57. The molecule has 0 aliphatic heterocycles. The Labute approximate surface area is 778 Å². The van der Waals surface area contributed by atoms with Crippen LogP contribution in [0.4, 0.5) is 0 Å². The predicted octanol–water partition coefficient (Wildman–Crippen LogP) is 35.2. The Bertz CT molecular complexity index is 8280. The zero-order valence-corrected chi connectivity index (χ0v) is 77.1. The van der Waals surface area contributed by atoms with Crippen molar-refractivity contribution < 1.29 is 0 Å². The van der Waals surface area contributed by atoms with E-state index < -0.39 is 0 Å². The lowest BCUT2D eigenvalue weighted by atomic mass is 9.82. The molecule has 22 aromatic rings. The van der Waals surface area contributed by atoms with Gasteiger partial charge in [-0.05, 0) is 279 Å². The Kier molecular flexibility index (Phi) is 19.4. The van der Waals surface area contributed by atoms with Crippen LogP contribution in [0.25, 0.3) is 194 Å². The van der Waals surface area contributed by atoms with Gasteiger partial charge in [-0.25, -0.2) is 0 Å². The highest BCUT2D eigenvalue weighted by molar-refractivity contribution is 9.11. The number of para-hydroxylation sites is 2. The minimum atomic E-state index is -0.0340. The molecule has 0 N–H and O–H groups in total. The van der Waals surface area contributed by atoms with Gasteiger partial charge in [0.2, 0.25) is 0 Å². The molecule has 3 aliphatic rings. The maximum Gasteiger partial charge on any atom is 0.0547 e. The maximum atomic E-state index is 3.57. The van der Waals surface area contributed by atoms with Gasteiger partial charge in [-0.15, -0.1) is 0 Å². The average Bonchev–Trinajstić information content (AvgIpc) is 1.58. The molecule has 616 valence electrons. The van der Waals surface area contributed by atoms with E-state index in [2.05, 4.69) is 528 Å². The lowest BCUT2D eigenvalue weighted by molar-refractivity contribution is 0.660. The summed E-state index contributed by atoms with van der Waals surface area (Å²) in [7, 11) is 0. The van der Waals surface area contributed by atoms with Crippen molar-refractivity contribution in [2.24, 2.45) is 0 Å². The van der Waals surface area contributed by atoms with Gasteiger partial charge in [-0.2, -0.15) is 0 Å². The molecular weight excluding hydrogens is 1760 g/mol. The second kappa shape index (κ2) is 31.5. The Hall–Kier alpha value is -14.0. The van der Waals surface area contributed by atoms with Crippen molar-refractivity contribution in [1.29, 1.82) is 0 Å². The van der Waals surface area contributed by atoms with Crippen LogP contribution in [0, 0.1) is 0 Å². The summed E-state index contributed by atoms with van der Waals surface area (Å²) >= 11 is 10.7. The molecule has 0 atom stereocenters. The minimum absolute atomic E-state index is 0.00493. The van der Waals surface area contributed by atoms with Crippen LogP contribution in [-0.4, -0.2) is 13.7 Å². The summed E-state index contributed by atoms with van der Waals surface area (Å²) in [6.07, 6.45) is 0. The topological polar surface area (TPSA) is 14.8 Å². The van der Waals surface area contributed by atoms with E-state index in [9.17, 15) is 0 Å². The number of hydrogen-bond acceptors (Lipinski definition) is 0. The fraction of sp³-hybridized carbons (Fsp3) is 0.0732. The molecule has 129 heavy (non-hydrogen) atoms. The first-order valence-electron chi connectivity index (χ1n) is 44.5. The van der Waals surface area contributed by atoms with E-state index in [4.69, 9.17) is 0 Å². The van der Waals surface area contributed by atoms with E-state index >= 15 is 0 Å². The van der Waals surface area contributed by atoms with E-state index in [0.29, 0.717) is 0 Å². The van der Waals surface area contributed by atoms with Crippen LogP contribution in [0.3, 0.4) is 0 Å². The highest BCUT2D eigenvalue weighted by Gasteiger charge is 2.39. The van der Waals surface area contributed by atoms with Gasteiger partial charge in [0.1, 0.15) is 0 Å². The Morgan fingerprint density at radius 1 is 0.171 bits per heavy atom. The van der Waals surface area contributed by atoms with Crippen molar-refractivity contribution in [2.75, 3.05) is 0 Å². The average molecular weight is 1850 g/mol. The quantitative estimate of drug-likeness (QED) is 0.130. The van der Waals surface area contributed by atoms with Gasteiger partial charge in [-0.1, -0.05) is 374 Å². The van der Waals surface area contributed by atoms with Crippen LogP contribution < -0.4 is 0 Å². The van der Waals surface area contributed by atoms with E-state index in [1.54, 1.807) is 0 Å². The van der Waals surface area contributed by atoms with E-state index in [1.807, 2.05) is 0 Å². The number of benzene rings is 19. The Morgan fingerprint density at radius 3 is 0.915 bits per heavy atom. The molecule has 0 saturated heterocycles. The zero-order valence-electron chi connectivity index (χ0n) is 72.4. The van der Waals surface area contributed by atoms with Crippen molar-refractivity contribution in [3.8, 4) is 128 Å². The minimum Gasteiger partial charge on any atom is -0.309 e. The van der Waals surface area contributed by atoms with Gasteiger partial charge in [0.25, 0.3) is 0 Å². The van der Waals surface area contributed by atoms with Crippen molar-refractivity contribution in [3.63, 3.8) is 0 Å². The third kappa shape index (κ3) is 13.5. The normalized spacial score (nSPS) is 13.3. The summed E-state index contributed by atoms with van der Waals surface area (Å²) in [5.74, 6) is 0. The summed E-state index contributed by atoms with van der Waals surface area (Å²) < 4.78 is 10.6. The number of nitrogens with zero attached hydrogens (tertiary/aromatic N) is 3. The highest BCUT2D eigenvalue weighted by atomic mass is 79.9. The van der Waals surface area contributed by atoms with E-state index in [-0.39, 0.29) is 16.2 Å². The predicted molar refractivity (Wildman–Crippen MR) is 556 cm³/mol. The van der Waals surface area contributed by atoms with Crippen LogP contribution in [0.2, 0.25) is 0 Å². The van der Waals surface area contributed by atoms with Crippen LogP contribution in [0.1, 0.15) is 74.9 Å². The largest absolute Gasteiger partial charge is 0.309 e. The molecule has 0 saturated carbocycles. The number of aromatic nitrogens is 3. The molecule has 3 aromatic heterocycles. The van der Waals surface area contributed by atoms with Gasteiger partial charge in [0, 0.05) is 78.9 Å². The molecule has 0 unspecified atom stereocenters. The molecule has 0 spiro atoms. The van der Waals surface area contributed by atoms with Crippen LogP contribution in [-0.2, 0) is 16.2 Å². The molecule has 0 radical (unpaired) electrons. The number of rotatable bonds is 10. The standard InChI is InChI=1S/C45H32BrN.2C39H28BrN/c1-45(2)41-14-7-6-13-37(41)39-28-36(21-23-42(39)45)47-43-24-18-33(32-12-8-11-31(25-32)30-15-19-35(46)20-16-30)26-40(43)38-22-17-34(27-44(38)47)29-9-4-3-5-10-29;1-39(2)33-13-5-3-12-31(33)38-34(39)14-8-16-37(38)41-35-15-6-4-11-30(35)32-24-28(19-22-36(32)41)27-10-7-9-26(23-27)25-17-20-29(40)21-18-25;1-39(2)35-12-5-3-10-31(35)33-24-30(19-20-36(33)39)41-37-13-6-4-11-32(37)34-23-28(16-21-38(34)41)27-9-7-8-26(22-27)25-14-17-29(40)18-15-25/h3-28H,1-2H3;2*3-24H,1-2H3. The summed E-state index contributed by atoms with van der Waals surface area (Å²) in [4.78, 5) is 0. The first-order chi connectivity index (χ1) is 62.9. The third-order valence-corrected chi connectivity index (χ3v) is 29.4. The molecule has 6 heteroatoms. The molecule has 0 amide bonds. The molecule has 0 fully saturated rings. The third-order valence-electron chi connectivity index (χ3n) is 27.8. The van der Waals surface area contributed by atoms with E-state index in [1.165, 1.54) is 227 Å². The molecule has 25 rings (SSSR count). The van der Waals surface area contributed by atoms with Gasteiger partial charge >= 0.3 is 0 Å². The number of fused-ring (bicyclic) bond motifs is 18. The molecular formula is C123H88Br3N3. The Morgan fingerprint density at radius 2 is 0.457 bits per heavy atom. The molecule has 19 aromatic carbocycles. The van der Waals surface area contributed by atoms with Gasteiger partial charge in [0.05, 0.1) is 38.8 Å². The van der Waals surface area contributed by atoms with Crippen LogP contribution in [0.15, 0.2) is 438 Å². The molecule has 3 heterocycles. The second-order valence-corrected chi connectivity index (χ2v) is 39.0. The highest BCUT2D eigenvalue weighted by Crippen LogP contribution is 2.55. The molecule has 0 bridgehead atoms.